The van der Waals surface area contributed by atoms with Crippen LogP contribution in [0, 0.1) is 0 Å². The molecule has 0 aliphatic rings. The first-order valence-electron chi connectivity index (χ1n) is 7.60. The zero-order valence-corrected chi connectivity index (χ0v) is 15.4. The Hall–Kier alpha value is -1.77. The third kappa shape index (κ3) is 7.20. The lowest BCUT2D eigenvalue weighted by molar-refractivity contribution is -0.116. The number of rotatable bonds is 9. The number of amides is 1. The lowest BCUT2D eigenvalue weighted by atomic mass is 10.1. The third-order valence-electron chi connectivity index (χ3n) is 3.35. The van der Waals surface area contributed by atoms with Gasteiger partial charge in [0.15, 0.2) is 5.78 Å². The standard InChI is InChI=1S/C16H25N3O4S/c1-13(20)14-7-5-8-15(11-14)17-16(21)12-19(24(4,22)23)10-6-9-18(2)3/h5,7-8,11H,6,9-10,12H2,1-4H3,(H,17,21). The Labute approximate surface area is 143 Å². The number of anilines is 1. The molecule has 24 heavy (non-hydrogen) atoms. The highest BCUT2D eigenvalue weighted by atomic mass is 32.2. The van der Waals surface area contributed by atoms with Crippen molar-refractivity contribution in [3.05, 3.63) is 29.8 Å². The summed E-state index contributed by atoms with van der Waals surface area (Å²) < 4.78 is 24.8. The molecule has 7 nitrogen and oxygen atoms in total. The number of sulfonamides is 1. The van der Waals surface area contributed by atoms with Crippen LogP contribution in [0.5, 0.6) is 0 Å². The summed E-state index contributed by atoms with van der Waals surface area (Å²) in [4.78, 5) is 25.4. The van der Waals surface area contributed by atoms with Crippen LogP contribution in [0.3, 0.4) is 0 Å². The van der Waals surface area contributed by atoms with Crippen LogP contribution in [0.4, 0.5) is 5.69 Å². The molecule has 0 fully saturated rings. The first-order chi connectivity index (χ1) is 11.1. The third-order valence-corrected chi connectivity index (χ3v) is 4.60. The maximum Gasteiger partial charge on any atom is 0.239 e. The van der Waals surface area contributed by atoms with Crippen molar-refractivity contribution >= 4 is 27.4 Å². The van der Waals surface area contributed by atoms with Gasteiger partial charge in [-0.15, -0.1) is 0 Å². The lowest BCUT2D eigenvalue weighted by Crippen LogP contribution is -2.38. The van der Waals surface area contributed by atoms with E-state index in [2.05, 4.69) is 5.32 Å². The van der Waals surface area contributed by atoms with E-state index < -0.39 is 15.9 Å². The fourth-order valence-corrected chi connectivity index (χ4v) is 2.91. The molecule has 1 N–H and O–H groups in total. The van der Waals surface area contributed by atoms with Gasteiger partial charge in [0, 0.05) is 17.8 Å². The SMILES string of the molecule is CC(=O)c1cccc(NC(=O)CN(CCCN(C)C)S(C)(=O)=O)c1. The van der Waals surface area contributed by atoms with Crippen LogP contribution in [-0.2, 0) is 14.8 Å². The van der Waals surface area contributed by atoms with Gasteiger partial charge in [0.1, 0.15) is 0 Å². The fourth-order valence-electron chi connectivity index (χ4n) is 2.10. The number of ketones is 1. The van der Waals surface area contributed by atoms with Crippen molar-refractivity contribution in [1.29, 1.82) is 0 Å². The van der Waals surface area contributed by atoms with Crippen LogP contribution in [0.15, 0.2) is 24.3 Å². The number of nitrogens with one attached hydrogen (secondary N) is 1. The molecule has 0 radical (unpaired) electrons. The summed E-state index contributed by atoms with van der Waals surface area (Å²) in [5, 5.41) is 2.63. The molecule has 0 spiro atoms. The molecule has 0 bridgehead atoms. The molecule has 1 aromatic rings. The van der Waals surface area contributed by atoms with Gasteiger partial charge in [-0.2, -0.15) is 4.31 Å². The van der Waals surface area contributed by atoms with E-state index in [0.29, 0.717) is 17.7 Å². The number of benzene rings is 1. The lowest BCUT2D eigenvalue weighted by Gasteiger charge is -2.20. The highest BCUT2D eigenvalue weighted by Crippen LogP contribution is 2.11. The van der Waals surface area contributed by atoms with E-state index in [1.165, 1.54) is 6.92 Å². The van der Waals surface area contributed by atoms with E-state index in [1.54, 1.807) is 24.3 Å². The molecule has 0 heterocycles. The predicted molar refractivity (Wildman–Crippen MR) is 94.7 cm³/mol. The normalized spacial score (nSPS) is 11.8. The average molecular weight is 355 g/mol. The molecule has 0 aliphatic heterocycles. The second-order valence-electron chi connectivity index (χ2n) is 5.94. The second kappa shape index (κ2) is 8.91. The largest absolute Gasteiger partial charge is 0.325 e. The van der Waals surface area contributed by atoms with Crippen LogP contribution in [0.1, 0.15) is 23.7 Å². The molecular weight excluding hydrogens is 330 g/mol. The summed E-state index contributed by atoms with van der Waals surface area (Å²) in [6.45, 7) is 2.19. The van der Waals surface area contributed by atoms with Gasteiger partial charge in [0.25, 0.3) is 0 Å². The first-order valence-corrected chi connectivity index (χ1v) is 9.45. The van der Waals surface area contributed by atoms with Crippen molar-refractivity contribution in [3.63, 3.8) is 0 Å². The van der Waals surface area contributed by atoms with E-state index in [1.807, 2.05) is 19.0 Å². The minimum Gasteiger partial charge on any atom is -0.325 e. The molecule has 1 aromatic carbocycles. The summed E-state index contributed by atoms with van der Waals surface area (Å²) in [5.74, 6) is -0.543. The van der Waals surface area contributed by atoms with Crippen molar-refractivity contribution in [2.45, 2.75) is 13.3 Å². The van der Waals surface area contributed by atoms with Crippen molar-refractivity contribution in [3.8, 4) is 0 Å². The molecule has 0 saturated heterocycles. The molecule has 0 aromatic heterocycles. The van der Waals surface area contributed by atoms with Crippen molar-refractivity contribution in [2.24, 2.45) is 0 Å². The highest BCUT2D eigenvalue weighted by molar-refractivity contribution is 7.88. The highest BCUT2D eigenvalue weighted by Gasteiger charge is 2.20. The Morgan fingerprint density at radius 1 is 1.17 bits per heavy atom. The molecule has 1 rings (SSSR count). The maximum atomic E-state index is 12.1. The van der Waals surface area contributed by atoms with Gasteiger partial charge < -0.3 is 10.2 Å². The monoisotopic (exact) mass is 355 g/mol. The van der Waals surface area contributed by atoms with Crippen molar-refractivity contribution < 1.29 is 18.0 Å². The minimum absolute atomic E-state index is 0.104. The summed E-state index contributed by atoms with van der Waals surface area (Å²) >= 11 is 0. The number of Topliss-reactive ketones (excluding diaryl/α,β-unsaturated/α-hetero) is 1. The number of nitrogens with zero attached hydrogens (tertiary/aromatic N) is 2. The second-order valence-corrected chi connectivity index (χ2v) is 7.92. The average Bonchev–Trinajstić information content (AvgIpc) is 2.45. The zero-order chi connectivity index (χ0) is 18.3. The Balaban J connectivity index is 2.71. The van der Waals surface area contributed by atoms with Gasteiger partial charge in [0.05, 0.1) is 12.8 Å². The van der Waals surface area contributed by atoms with E-state index in [0.717, 1.165) is 17.1 Å². The predicted octanol–water partition coefficient (Wildman–Crippen LogP) is 1.04. The molecule has 1 amide bonds. The molecule has 0 aliphatic carbocycles. The number of carbonyl (C=O) groups excluding carboxylic acids is 2. The molecular formula is C16H25N3O4S. The zero-order valence-electron chi connectivity index (χ0n) is 14.6. The van der Waals surface area contributed by atoms with E-state index in [-0.39, 0.29) is 18.9 Å². The van der Waals surface area contributed by atoms with Crippen LogP contribution in [-0.4, -0.2) is 69.3 Å². The van der Waals surface area contributed by atoms with Crippen LogP contribution in [0.2, 0.25) is 0 Å². The maximum absolute atomic E-state index is 12.1. The molecule has 0 unspecified atom stereocenters. The first kappa shape index (κ1) is 20.3. The summed E-state index contributed by atoms with van der Waals surface area (Å²) in [5.41, 5.74) is 0.952. The molecule has 0 saturated carbocycles. The van der Waals surface area contributed by atoms with Gasteiger partial charge in [-0.25, -0.2) is 8.42 Å². The fraction of sp³-hybridized carbons (Fsp3) is 0.500. The molecule has 134 valence electrons. The van der Waals surface area contributed by atoms with Gasteiger partial charge >= 0.3 is 0 Å². The van der Waals surface area contributed by atoms with Gasteiger partial charge in [-0.1, -0.05) is 12.1 Å². The molecule has 0 atom stereocenters. The smallest absolute Gasteiger partial charge is 0.239 e. The topological polar surface area (TPSA) is 86.8 Å². The number of hydrogen-bond donors (Lipinski definition) is 1. The number of hydrogen-bond acceptors (Lipinski definition) is 5. The van der Waals surface area contributed by atoms with Crippen molar-refractivity contribution in [2.75, 3.05) is 45.3 Å². The Morgan fingerprint density at radius 3 is 2.38 bits per heavy atom. The Bertz CT molecular complexity index is 686. The van der Waals surface area contributed by atoms with Crippen molar-refractivity contribution in [1.82, 2.24) is 9.21 Å². The Kier molecular flexibility index (Phi) is 7.53. The van der Waals surface area contributed by atoms with E-state index in [9.17, 15) is 18.0 Å². The summed E-state index contributed by atoms with van der Waals surface area (Å²) in [6.07, 6.45) is 1.72. The summed E-state index contributed by atoms with van der Waals surface area (Å²) in [6, 6.07) is 6.54. The van der Waals surface area contributed by atoms with Crippen LogP contribution < -0.4 is 5.32 Å². The van der Waals surface area contributed by atoms with E-state index >= 15 is 0 Å². The summed E-state index contributed by atoms with van der Waals surface area (Å²) in [7, 11) is 0.333. The van der Waals surface area contributed by atoms with Gasteiger partial charge in [0.2, 0.25) is 15.9 Å². The van der Waals surface area contributed by atoms with Crippen LogP contribution in [0.25, 0.3) is 0 Å². The van der Waals surface area contributed by atoms with Gasteiger partial charge in [-0.05, 0) is 46.1 Å². The van der Waals surface area contributed by atoms with E-state index in [4.69, 9.17) is 0 Å². The quantitative estimate of drug-likeness (QED) is 0.669. The minimum atomic E-state index is -3.47. The van der Waals surface area contributed by atoms with Crippen LogP contribution >= 0.6 is 0 Å². The van der Waals surface area contributed by atoms with Gasteiger partial charge in [-0.3, -0.25) is 9.59 Å². The Morgan fingerprint density at radius 2 is 1.83 bits per heavy atom. The number of carbonyl (C=O) groups is 2. The molecule has 8 heteroatoms.